The Morgan fingerprint density at radius 1 is 1.17 bits per heavy atom. The lowest BCUT2D eigenvalue weighted by molar-refractivity contribution is -0.115. The van der Waals surface area contributed by atoms with Gasteiger partial charge in [-0.1, -0.05) is 13.8 Å². The SMILES string of the molecule is CN=C(NCCC(C)C)NCC(=O)Nc1ccc(F)c(F)c1F.I. The Morgan fingerprint density at radius 3 is 2.42 bits per heavy atom. The van der Waals surface area contributed by atoms with E-state index in [4.69, 9.17) is 0 Å². The number of nitrogens with one attached hydrogen (secondary N) is 3. The van der Waals surface area contributed by atoms with Crippen LogP contribution in [0.2, 0.25) is 0 Å². The molecule has 5 nitrogen and oxygen atoms in total. The van der Waals surface area contributed by atoms with E-state index in [0.29, 0.717) is 18.4 Å². The molecule has 136 valence electrons. The summed E-state index contributed by atoms with van der Waals surface area (Å²) < 4.78 is 39.3. The lowest BCUT2D eigenvalue weighted by Gasteiger charge is -2.13. The van der Waals surface area contributed by atoms with Crippen LogP contribution in [0.25, 0.3) is 0 Å². The Kier molecular flexibility index (Phi) is 10.4. The highest BCUT2D eigenvalue weighted by Gasteiger charge is 2.15. The van der Waals surface area contributed by atoms with E-state index in [2.05, 4.69) is 34.8 Å². The largest absolute Gasteiger partial charge is 0.356 e. The standard InChI is InChI=1S/C15H21F3N4O.HI/c1-9(2)6-7-20-15(19-3)21-8-12(23)22-11-5-4-10(16)13(17)14(11)18;/h4-5,9H,6-8H2,1-3H3,(H,22,23)(H2,19,20,21);1H. The van der Waals surface area contributed by atoms with Gasteiger partial charge in [0.15, 0.2) is 23.4 Å². The van der Waals surface area contributed by atoms with Crippen molar-refractivity contribution >= 4 is 41.5 Å². The summed E-state index contributed by atoms with van der Waals surface area (Å²) in [6, 6.07) is 1.70. The zero-order chi connectivity index (χ0) is 17.4. The van der Waals surface area contributed by atoms with Gasteiger partial charge in [-0.3, -0.25) is 9.79 Å². The van der Waals surface area contributed by atoms with Crippen molar-refractivity contribution in [3.63, 3.8) is 0 Å². The summed E-state index contributed by atoms with van der Waals surface area (Å²) in [6.07, 6.45) is 0.937. The van der Waals surface area contributed by atoms with E-state index in [1.807, 2.05) is 0 Å². The molecule has 0 saturated carbocycles. The quantitative estimate of drug-likeness (QED) is 0.266. The van der Waals surface area contributed by atoms with Gasteiger partial charge in [-0.15, -0.1) is 24.0 Å². The molecular weight excluding hydrogens is 436 g/mol. The van der Waals surface area contributed by atoms with Crippen molar-refractivity contribution in [1.29, 1.82) is 0 Å². The average molecular weight is 458 g/mol. The summed E-state index contributed by atoms with van der Waals surface area (Å²) in [7, 11) is 1.55. The van der Waals surface area contributed by atoms with Crippen molar-refractivity contribution in [1.82, 2.24) is 10.6 Å². The lowest BCUT2D eigenvalue weighted by Crippen LogP contribution is -2.42. The minimum absolute atomic E-state index is 0. The van der Waals surface area contributed by atoms with Gasteiger partial charge < -0.3 is 16.0 Å². The molecule has 0 aliphatic carbocycles. The van der Waals surface area contributed by atoms with Crippen molar-refractivity contribution in [3.8, 4) is 0 Å². The predicted molar refractivity (Wildman–Crippen MR) is 99.2 cm³/mol. The smallest absolute Gasteiger partial charge is 0.243 e. The molecule has 24 heavy (non-hydrogen) atoms. The van der Waals surface area contributed by atoms with E-state index in [1.165, 1.54) is 0 Å². The molecule has 0 aliphatic heterocycles. The van der Waals surface area contributed by atoms with Gasteiger partial charge in [0.25, 0.3) is 0 Å². The van der Waals surface area contributed by atoms with Crippen molar-refractivity contribution in [2.24, 2.45) is 10.9 Å². The fraction of sp³-hybridized carbons (Fsp3) is 0.467. The Hall–Kier alpha value is -1.52. The number of guanidine groups is 1. The third-order valence-corrected chi connectivity index (χ3v) is 2.96. The highest BCUT2D eigenvalue weighted by molar-refractivity contribution is 14.0. The number of aliphatic imine (C=N–C) groups is 1. The Bertz CT molecular complexity index is 582. The molecule has 0 saturated heterocycles. The molecule has 3 N–H and O–H groups in total. The maximum Gasteiger partial charge on any atom is 0.243 e. The van der Waals surface area contributed by atoms with Crippen LogP contribution in [0.1, 0.15) is 20.3 Å². The Labute approximate surface area is 156 Å². The highest BCUT2D eigenvalue weighted by Crippen LogP contribution is 2.19. The van der Waals surface area contributed by atoms with Gasteiger partial charge in [-0.2, -0.15) is 0 Å². The molecule has 0 fully saturated rings. The third-order valence-electron chi connectivity index (χ3n) is 2.96. The number of carbonyl (C=O) groups excluding carboxylic acids is 1. The Balaban J connectivity index is 0.00000529. The number of hydrogen-bond acceptors (Lipinski definition) is 2. The third kappa shape index (κ3) is 7.37. The average Bonchev–Trinajstić information content (AvgIpc) is 2.51. The zero-order valence-electron chi connectivity index (χ0n) is 13.8. The summed E-state index contributed by atoms with van der Waals surface area (Å²) in [5.74, 6) is -4.03. The molecule has 0 unspecified atom stereocenters. The maximum atomic E-state index is 13.4. The molecule has 0 atom stereocenters. The monoisotopic (exact) mass is 458 g/mol. The van der Waals surface area contributed by atoms with Gasteiger partial charge in [0.2, 0.25) is 5.91 Å². The molecule has 0 heterocycles. The second-order valence-electron chi connectivity index (χ2n) is 5.31. The van der Waals surface area contributed by atoms with E-state index < -0.39 is 29.0 Å². The molecule has 0 bridgehead atoms. The topological polar surface area (TPSA) is 65.5 Å². The predicted octanol–water partition coefficient (Wildman–Crippen LogP) is 2.87. The second-order valence-corrected chi connectivity index (χ2v) is 5.31. The number of amides is 1. The fourth-order valence-corrected chi connectivity index (χ4v) is 1.68. The first kappa shape index (κ1) is 22.5. The van der Waals surface area contributed by atoms with Crippen LogP contribution in [0.15, 0.2) is 17.1 Å². The molecular formula is C15H22F3IN4O. The highest BCUT2D eigenvalue weighted by atomic mass is 127. The molecule has 0 aliphatic rings. The first-order valence-corrected chi connectivity index (χ1v) is 7.23. The van der Waals surface area contributed by atoms with Crippen LogP contribution >= 0.6 is 24.0 Å². The van der Waals surface area contributed by atoms with Crippen LogP contribution in [0, 0.1) is 23.4 Å². The number of carbonyl (C=O) groups is 1. The van der Waals surface area contributed by atoms with E-state index in [9.17, 15) is 18.0 Å². The number of halogens is 4. The molecule has 0 aromatic heterocycles. The van der Waals surface area contributed by atoms with Crippen molar-refractivity contribution in [2.45, 2.75) is 20.3 Å². The lowest BCUT2D eigenvalue weighted by atomic mass is 10.1. The Morgan fingerprint density at radius 2 is 1.83 bits per heavy atom. The summed E-state index contributed by atoms with van der Waals surface area (Å²) >= 11 is 0. The van der Waals surface area contributed by atoms with E-state index in [-0.39, 0.29) is 30.5 Å². The van der Waals surface area contributed by atoms with Gasteiger partial charge in [0.1, 0.15) is 0 Å². The summed E-state index contributed by atoms with van der Waals surface area (Å²) in [5, 5.41) is 7.93. The molecule has 1 rings (SSSR count). The van der Waals surface area contributed by atoms with Crippen LogP contribution in [0.3, 0.4) is 0 Å². The van der Waals surface area contributed by atoms with Crippen LogP contribution in [-0.4, -0.2) is 32.0 Å². The van der Waals surface area contributed by atoms with Gasteiger partial charge in [0, 0.05) is 13.6 Å². The minimum atomic E-state index is -1.62. The van der Waals surface area contributed by atoms with Crippen LogP contribution in [0.4, 0.5) is 18.9 Å². The second kappa shape index (κ2) is 11.1. The molecule has 1 amide bonds. The van der Waals surface area contributed by atoms with Gasteiger partial charge >= 0.3 is 0 Å². The van der Waals surface area contributed by atoms with E-state index in [1.54, 1.807) is 7.05 Å². The van der Waals surface area contributed by atoms with E-state index in [0.717, 1.165) is 18.6 Å². The summed E-state index contributed by atoms with van der Waals surface area (Å²) in [5.41, 5.74) is -0.418. The van der Waals surface area contributed by atoms with Crippen LogP contribution in [0.5, 0.6) is 0 Å². The molecule has 0 radical (unpaired) electrons. The van der Waals surface area contributed by atoms with Gasteiger partial charge in [0.05, 0.1) is 12.2 Å². The number of nitrogens with zero attached hydrogens (tertiary/aromatic N) is 1. The number of benzene rings is 1. The number of rotatable bonds is 6. The summed E-state index contributed by atoms with van der Waals surface area (Å²) in [4.78, 5) is 15.7. The first-order valence-electron chi connectivity index (χ1n) is 7.23. The summed E-state index contributed by atoms with van der Waals surface area (Å²) in [6.45, 7) is 4.67. The van der Waals surface area contributed by atoms with Crippen molar-refractivity contribution < 1.29 is 18.0 Å². The molecule has 9 heteroatoms. The number of hydrogen-bond donors (Lipinski definition) is 3. The molecule has 0 spiro atoms. The van der Waals surface area contributed by atoms with Crippen LogP contribution in [-0.2, 0) is 4.79 Å². The molecule has 1 aromatic carbocycles. The number of anilines is 1. The fourth-order valence-electron chi connectivity index (χ4n) is 1.68. The van der Waals surface area contributed by atoms with E-state index >= 15 is 0 Å². The van der Waals surface area contributed by atoms with Gasteiger partial charge in [-0.05, 0) is 24.5 Å². The minimum Gasteiger partial charge on any atom is -0.356 e. The maximum absolute atomic E-state index is 13.4. The van der Waals surface area contributed by atoms with Crippen molar-refractivity contribution in [2.75, 3.05) is 25.5 Å². The normalized spacial score (nSPS) is 11.0. The van der Waals surface area contributed by atoms with Crippen LogP contribution < -0.4 is 16.0 Å². The zero-order valence-corrected chi connectivity index (χ0v) is 16.1. The van der Waals surface area contributed by atoms with Crippen molar-refractivity contribution in [3.05, 3.63) is 29.6 Å². The first-order chi connectivity index (χ1) is 10.8. The molecule has 1 aromatic rings. The van der Waals surface area contributed by atoms with Gasteiger partial charge in [-0.25, -0.2) is 13.2 Å².